The number of ether oxygens (including phenoxy) is 9. The molecule has 67 heavy (non-hydrogen) atoms. The fraction of sp³-hybridized carbons (Fsp3) is 0.296. The summed E-state index contributed by atoms with van der Waals surface area (Å²) in [5.74, 6) is -1.61. The van der Waals surface area contributed by atoms with Crippen LogP contribution in [0.3, 0.4) is 0 Å². The predicted molar refractivity (Wildman–Crippen MR) is 244 cm³/mol. The van der Waals surface area contributed by atoms with Gasteiger partial charge in [-0.1, -0.05) is 158 Å². The van der Waals surface area contributed by atoms with E-state index in [1.165, 1.54) is 12.1 Å². The zero-order valence-electron chi connectivity index (χ0n) is 36.7. The van der Waals surface area contributed by atoms with Crippen LogP contribution in [0.5, 0.6) is 0 Å². The summed E-state index contributed by atoms with van der Waals surface area (Å²) in [5, 5.41) is 23.2. The maximum absolute atomic E-state index is 13.6. The van der Waals surface area contributed by atoms with E-state index in [0.29, 0.717) is 0 Å². The van der Waals surface area contributed by atoms with Crippen molar-refractivity contribution in [3.63, 3.8) is 0 Å². The lowest BCUT2D eigenvalue weighted by Gasteiger charge is -2.47. The van der Waals surface area contributed by atoms with Gasteiger partial charge in [-0.2, -0.15) is 0 Å². The van der Waals surface area contributed by atoms with E-state index < -0.39 is 80.0 Å². The summed E-state index contributed by atoms with van der Waals surface area (Å²) in [7, 11) is 0. The molecule has 2 heterocycles. The van der Waals surface area contributed by atoms with Gasteiger partial charge in [-0.15, -0.1) is 0 Å². The Hall–Kier alpha value is -6.10. The Bertz CT molecular complexity index is 2380. The summed E-state index contributed by atoms with van der Waals surface area (Å²) in [6, 6.07) is 55.2. The second-order valence-electron chi connectivity index (χ2n) is 16.2. The molecule has 6 aromatic carbocycles. The summed E-state index contributed by atoms with van der Waals surface area (Å²) in [4.78, 5) is 26.8. The average molecular weight is 911 g/mol. The molecule has 0 unspecified atom stereocenters. The molecule has 2 aliphatic heterocycles. The molecule has 348 valence electrons. The van der Waals surface area contributed by atoms with Gasteiger partial charge in [-0.05, 0) is 46.5 Å². The van der Waals surface area contributed by atoms with Crippen LogP contribution in [0, 0.1) is 0 Å². The molecule has 8 rings (SSSR count). The molecular weight excluding hydrogens is 857 g/mol. The normalized spacial score (nSPS) is 24.9. The highest BCUT2D eigenvalue weighted by atomic mass is 16.7. The Balaban J connectivity index is 1.10. The van der Waals surface area contributed by atoms with E-state index in [9.17, 15) is 19.8 Å². The second-order valence-corrected chi connectivity index (χ2v) is 16.2. The van der Waals surface area contributed by atoms with Gasteiger partial charge < -0.3 is 52.8 Å². The number of hydrogen-bond donors (Lipinski definition) is 2. The molecule has 2 aliphatic rings. The van der Waals surface area contributed by atoms with Crippen molar-refractivity contribution in [3.05, 3.63) is 215 Å². The van der Waals surface area contributed by atoms with Gasteiger partial charge in [0.15, 0.2) is 24.8 Å². The molecule has 0 aliphatic carbocycles. The van der Waals surface area contributed by atoms with Gasteiger partial charge in [0.1, 0.15) is 36.6 Å². The zero-order valence-corrected chi connectivity index (χ0v) is 36.7. The summed E-state index contributed by atoms with van der Waals surface area (Å²) in [5.41, 5.74) is 4.06. The molecule has 0 spiro atoms. The van der Waals surface area contributed by atoms with Crippen molar-refractivity contribution in [2.75, 3.05) is 13.2 Å². The van der Waals surface area contributed by atoms with E-state index >= 15 is 0 Å². The number of hydrogen-bond acceptors (Lipinski definition) is 13. The van der Waals surface area contributed by atoms with Crippen LogP contribution in [0.15, 0.2) is 182 Å². The van der Waals surface area contributed by atoms with Gasteiger partial charge in [0, 0.05) is 0 Å². The van der Waals surface area contributed by atoms with Gasteiger partial charge in [0.05, 0.1) is 50.8 Å². The standard InChI is InChI=1S/C54H54O13/c55-45-46(66-51(56)41-27-15-5-16-28-41)44(64-53(58)48(45)67-52(57)42-29-17-6-18-30-42)36-63-54-50(62-34-40-25-13-4-14-26-40)49(61-33-39-23-11-3-12-24-39)47(60-32-38-21-9-2-10-22-38)43(65-54)35-59-31-37-19-7-1-8-20-37/h1-30,43-50,53-55,58H,31-36H2/t43-,44-,45+,46-,47-,48+,49+,50+,53+,54+/m1/s1. The largest absolute Gasteiger partial charge is 0.453 e. The highest BCUT2D eigenvalue weighted by Crippen LogP contribution is 2.33. The first kappa shape index (κ1) is 47.4. The van der Waals surface area contributed by atoms with Gasteiger partial charge in [0.2, 0.25) is 0 Å². The Kier molecular flexibility index (Phi) is 17.0. The maximum atomic E-state index is 13.6. The monoisotopic (exact) mass is 910 g/mol. The Morgan fingerprint density at radius 2 is 0.791 bits per heavy atom. The SMILES string of the molecule is O=C(O[C@H]1[C@@H](O)[C@H](OC(=O)c2ccccc2)[C@@H](CO[C@H]2O[C@H](COCc3ccccc3)[C@@H](OCc3ccccc3)[C@H](OCc3ccccc3)[C@@H]2OCc2ccccc2)O[C@@H]1O)c1ccccc1. The van der Waals surface area contributed by atoms with Crippen LogP contribution in [0.2, 0.25) is 0 Å². The Morgan fingerprint density at radius 3 is 1.27 bits per heavy atom. The van der Waals surface area contributed by atoms with E-state index in [2.05, 4.69) is 0 Å². The number of aliphatic hydroxyl groups excluding tert-OH is 2. The average Bonchev–Trinajstić information content (AvgIpc) is 3.38. The van der Waals surface area contributed by atoms with Crippen molar-refractivity contribution in [3.8, 4) is 0 Å². The first-order valence-electron chi connectivity index (χ1n) is 22.3. The van der Waals surface area contributed by atoms with E-state index in [1.54, 1.807) is 48.5 Å². The molecule has 13 heteroatoms. The molecule has 0 radical (unpaired) electrons. The molecule has 2 N–H and O–H groups in total. The summed E-state index contributed by atoms with van der Waals surface area (Å²) in [6.07, 6.45) is -12.6. The van der Waals surface area contributed by atoms with Crippen molar-refractivity contribution in [2.45, 2.75) is 87.8 Å². The minimum atomic E-state index is -1.85. The maximum Gasteiger partial charge on any atom is 0.338 e. The molecule has 0 aromatic heterocycles. The number of esters is 2. The molecule has 13 nitrogen and oxygen atoms in total. The molecular formula is C54H54O13. The van der Waals surface area contributed by atoms with Crippen molar-refractivity contribution in [1.82, 2.24) is 0 Å². The van der Waals surface area contributed by atoms with E-state index in [0.717, 1.165) is 22.3 Å². The van der Waals surface area contributed by atoms with E-state index in [-0.39, 0.29) is 44.2 Å². The smallest absolute Gasteiger partial charge is 0.338 e. The lowest BCUT2D eigenvalue weighted by molar-refractivity contribution is -0.342. The van der Waals surface area contributed by atoms with Gasteiger partial charge in [-0.25, -0.2) is 9.59 Å². The first-order valence-corrected chi connectivity index (χ1v) is 22.3. The van der Waals surface area contributed by atoms with E-state index in [1.807, 2.05) is 121 Å². The second kappa shape index (κ2) is 24.1. The van der Waals surface area contributed by atoms with Crippen LogP contribution >= 0.6 is 0 Å². The summed E-state index contributed by atoms with van der Waals surface area (Å²) in [6.45, 7) is 0.503. The van der Waals surface area contributed by atoms with Crippen LogP contribution in [0.25, 0.3) is 0 Å². The molecule has 2 saturated heterocycles. The minimum absolute atomic E-state index is 0.0634. The topological polar surface area (TPSA) is 158 Å². The quantitative estimate of drug-likeness (QED) is 0.0741. The lowest BCUT2D eigenvalue weighted by atomic mass is 9.97. The van der Waals surface area contributed by atoms with Crippen molar-refractivity contribution < 1.29 is 62.4 Å². The van der Waals surface area contributed by atoms with Gasteiger partial charge >= 0.3 is 11.9 Å². The lowest BCUT2D eigenvalue weighted by Crippen LogP contribution is -2.63. The Morgan fingerprint density at radius 1 is 0.403 bits per heavy atom. The first-order chi connectivity index (χ1) is 32.9. The van der Waals surface area contributed by atoms with E-state index in [4.69, 9.17) is 42.6 Å². The number of aliphatic hydroxyl groups is 2. The highest BCUT2D eigenvalue weighted by molar-refractivity contribution is 5.90. The molecule has 6 aromatic rings. The molecule has 0 saturated carbocycles. The van der Waals surface area contributed by atoms with Crippen molar-refractivity contribution in [2.24, 2.45) is 0 Å². The number of carbonyl (C=O) groups excluding carboxylic acids is 2. The summed E-state index contributed by atoms with van der Waals surface area (Å²) < 4.78 is 57.7. The van der Waals surface area contributed by atoms with Crippen LogP contribution in [0.1, 0.15) is 43.0 Å². The third-order valence-electron chi connectivity index (χ3n) is 11.4. The van der Waals surface area contributed by atoms with Crippen LogP contribution in [-0.4, -0.2) is 96.8 Å². The molecule has 10 atom stereocenters. The number of rotatable bonds is 20. The van der Waals surface area contributed by atoms with Crippen molar-refractivity contribution in [1.29, 1.82) is 0 Å². The third kappa shape index (κ3) is 13.1. The third-order valence-corrected chi connectivity index (χ3v) is 11.4. The van der Waals surface area contributed by atoms with Crippen molar-refractivity contribution >= 4 is 11.9 Å². The van der Waals surface area contributed by atoms with Crippen LogP contribution in [-0.2, 0) is 69.1 Å². The predicted octanol–water partition coefficient (Wildman–Crippen LogP) is 7.23. The zero-order chi connectivity index (χ0) is 46.2. The molecule has 2 fully saturated rings. The molecule has 0 bridgehead atoms. The fourth-order valence-electron chi connectivity index (χ4n) is 7.92. The summed E-state index contributed by atoms with van der Waals surface area (Å²) >= 11 is 0. The van der Waals surface area contributed by atoms with Gasteiger partial charge in [0.25, 0.3) is 0 Å². The van der Waals surface area contributed by atoms with Gasteiger partial charge in [-0.3, -0.25) is 0 Å². The van der Waals surface area contributed by atoms with Crippen LogP contribution in [0.4, 0.5) is 0 Å². The minimum Gasteiger partial charge on any atom is -0.453 e. The highest BCUT2D eigenvalue weighted by Gasteiger charge is 2.52. The number of carbonyl (C=O) groups is 2. The molecule has 0 amide bonds. The fourth-order valence-corrected chi connectivity index (χ4v) is 7.92. The number of benzene rings is 6. The van der Waals surface area contributed by atoms with Crippen LogP contribution < -0.4 is 0 Å². The Labute approximate surface area is 389 Å².